The molecule has 1 atom stereocenters. The summed E-state index contributed by atoms with van der Waals surface area (Å²) in [5, 5.41) is 6.96. The summed E-state index contributed by atoms with van der Waals surface area (Å²) in [6, 6.07) is 32.6. The lowest BCUT2D eigenvalue weighted by molar-refractivity contribution is 0.296. The summed E-state index contributed by atoms with van der Waals surface area (Å²) < 4.78 is 14.0. The van der Waals surface area contributed by atoms with E-state index in [4.69, 9.17) is 14.5 Å². The molecule has 3 heterocycles. The fraction of sp³-hybridized carbons (Fsp3) is 0.0690. The van der Waals surface area contributed by atoms with Gasteiger partial charge in [0.2, 0.25) is 5.88 Å². The van der Waals surface area contributed by atoms with Crippen LogP contribution in [0, 0.1) is 0 Å². The van der Waals surface area contributed by atoms with Crippen LogP contribution < -0.4 is 9.47 Å². The van der Waals surface area contributed by atoms with E-state index in [9.17, 15) is 0 Å². The van der Waals surface area contributed by atoms with Crippen LogP contribution in [0.4, 0.5) is 0 Å². The second-order valence-corrected chi connectivity index (χ2v) is 8.51. The Morgan fingerprint density at radius 1 is 0.800 bits per heavy atom. The van der Waals surface area contributed by atoms with Gasteiger partial charge in [-0.3, -0.25) is 0 Å². The predicted octanol–water partition coefficient (Wildman–Crippen LogP) is 6.14. The monoisotopic (exact) mass is 456 g/mol. The van der Waals surface area contributed by atoms with Crippen molar-refractivity contribution in [1.82, 2.24) is 19.6 Å². The first-order valence-corrected chi connectivity index (χ1v) is 11.5. The minimum Gasteiger partial charge on any atom is -0.486 e. The van der Waals surface area contributed by atoms with E-state index in [2.05, 4.69) is 64.7 Å². The highest BCUT2D eigenvalue weighted by atomic mass is 16.5. The SMILES string of the molecule is c1ccc(OCc2nc3c4c(ncn3n2)Oc2ccc3ccccc3c2[C@@H]4c2ccccc2)cc1. The van der Waals surface area contributed by atoms with Crippen LogP contribution in [-0.2, 0) is 6.61 Å². The summed E-state index contributed by atoms with van der Waals surface area (Å²) in [6.07, 6.45) is 1.65. The minimum atomic E-state index is -0.107. The van der Waals surface area contributed by atoms with Crippen LogP contribution in [0.25, 0.3) is 16.4 Å². The number of ether oxygens (including phenoxy) is 2. The molecule has 0 fully saturated rings. The van der Waals surface area contributed by atoms with Crippen molar-refractivity contribution in [2.75, 3.05) is 0 Å². The van der Waals surface area contributed by atoms with Gasteiger partial charge in [0.15, 0.2) is 11.5 Å². The summed E-state index contributed by atoms with van der Waals surface area (Å²) in [7, 11) is 0. The Morgan fingerprint density at radius 3 is 2.43 bits per heavy atom. The topological polar surface area (TPSA) is 61.5 Å². The first-order valence-electron chi connectivity index (χ1n) is 11.5. The molecule has 0 saturated carbocycles. The van der Waals surface area contributed by atoms with Crippen molar-refractivity contribution >= 4 is 16.4 Å². The molecule has 168 valence electrons. The van der Waals surface area contributed by atoms with Gasteiger partial charge in [-0.15, -0.1) is 5.10 Å². The summed E-state index contributed by atoms with van der Waals surface area (Å²) in [5.74, 6) is 2.62. The molecule has 0 radical (unpaired) electrons. The van der Waals surface area contributed by atoms with Gasteiger partial charge in [0, 0.05) is 11.5 Å². The van der Waals surface area contributed by atoms with Crippen LogP contribution in [0.15, 0.2) is 103 Å². The summed E-state index contributed by atoms with van der Waals surface area (Å²) in [6.45, 7) is 0.261. The zero-order valence-corrected chi connectivity index (χ0v) is 18.7. The van der Waals surface area contributed by atoms with Crippen LogP contribution in [0.5, 0.6) is 17.4 Å². The molecule has 0 aliphatic carbocycles. The third kappa shape index (κ3) is 3.30. The third-order valence-corrected chi connectivity index (χ3v) is 6.39. The van der Waals surface area contributed by atoms with Gasteiger partial charge in [-0.1, -0.05) is 78.9 Å². The van der Waals surface area contributed by atoms with Gasteiger partial charge in [0.1, 0.15) is 24.4 Å². The molecule has 0 saturated heterocycles. The van der Waals surface area contributed by atoms with Crippen LogP contribution in [0.1, 0.15) is 28.4 Å². The molecular weight excluding hydrogens is 436 g/mol. The van der Waals surface area contributed by atoms with Crippen molar-refractivity contribution in [3.63, 3.8) is 0 Å². The molecule has 0 bridgehead atoms. The average molecular weight is 457 g/mol. The van der Waals surface area contributed by atoms with E-state index in [-0.39, 0.29) is 12.5 Å². The lowest BCUT2D eigenvalue weighted by atomic mass is 9.81. The summed E-state index contributed by atoms with van der Waals surface area (Å²) in [5.41, 5.74) is 3.88. The maximum absolute atomic E-state index is 6.36. The smallest absolute Gasteiger partial charge is 0.228 e. The van der Waals surface area contributed by atoms with Crippen LogP contribution >= 0.6 is 0 Å². The van der Waals surface area contributed by atoms with Crippen molar-refractivity contribution < 1.29 is 9.47 Å². The quantitative estimate of drug-likeness (QED) is 0.318. The highest BCUT2D eigenvalue weighted by molar-refractivity contribution is 5.90. The fourth-order valence-corrected chi connectivity index (χ4v) is 4.85. The molecule has 0 amide bonds. The molecule has 0 N–H and O–H groups in total. The van der Waals surface area contributed by atoms with Crippen LogP contribution in [0.2, 0.25) is 0 Å². The maximum atomic E-state index is 6.36. The number of aromatic nitrogens is 4. The summed E-state index contributed by atoms with van der Waals surface area (Å²) >= 11 is 0. The Balaban J connectivity index is 1.42. The lowest BCUT2D eigenvalue weighted by Crippen LogP contribution is -2.15. The molecule has 7 rings (SSSR count). The molecule has 0 spiro atoms. The fourth-order valence-electron chi connectivity index (χ4n) is 4.85. The Labute approximate surface area is 201 Å². The Kier molecular flexibility index (Phi) is 4.48. The molecule has 1 aliphatic rings. The number of hydrogen-bond acceptors (Lipinski definition) is 5. The van der Waals surface area contributed by atoms with Gasteiger partial charge in [0.25, 0.3) is 0 Å². The van der Waals surface area contributed by atoms with E-state index in [1.54, 1.807) is 10.8 Å². The Bertz CT molecular complexity index is 1680. The first-order chi connectivity index (χ1) is 17.3. The second-order valence-electron chi connectivity index (χ2n) is 8.51. The molecule has 0 unspecified atom stereocenters. The molecule has 2 aromatic heterocycles. The highest BCUT2D eigenvalue weighted by Crippen LogP contribution is 2.50. The molecular formula is C29H20N4O2. The Morgan fingerprint density at radius 2 is 1.57 bits per heavy atom. The van der Waals surface area contributed by atoms with E-state index in [0.29, 0.717) is 17.4 Å². The van der Waals surface area contributed by atoms with Gasteiger partial charge >= 0.3 is 0 Å². The van der Waals surface area contributed by atoms with Gasteiger partial charge in [-0.25, -0.2) is 14.5 Å². The van der Waals surface area contributed by atoms with Crippen molar-refractivity contribution in [2.24, 2.45) is 0 Å². The maximum Gasteiger partial charge on any atom is 0.228 e. The van der Waals surface area contributed by atoms with Gasteiger partial charge < -0.3 is 9.47 Å². The number of fused-ring (bicyclic) bond motifs is 6. The molecule has 6 aromatic rings. The number of hydrogen-bond donors (Lipinski definition) is 0. The molecule has 35 heavy (non-hydrogen) atoms. The minimum absolute atomic E-state index is 0.107. The third-order valence-electron chi connectivity index (χ3n) is 6.39. The Hall–Kier alpha value is -4.71. The second kappa shape index (κ2) is 7.95. The zero-order chi connectivity index (χ0) is 23.2. The normalized spacial score (nSPS) is 14.3. The highest BCUT2D eigenvalue weighted by Gasteiger charge is 2.34. The molecule has 1 aliphatic heterocycles. The van der Waals surface area contributed by atoms with Gasteiger partial charge in [0.05, 0.1) is 5.56 Å². The number of para-hydroxylation sites is 1. The summed E-state index contributed by atoms with van der Waals surface area (Å²) in [4.78, 5) is 9.51. The van der Waals surface area contributed by atoms with Crippen molar-refractivity contribution in [3.8, 4) is 17.4 Å². The number of benzene rings is 4. The molecule has 4 aromatic carbocycles. The van der Waals surface area contributed by atoms with Gasteiger partial charge in [-0.05, 0) is 34.5 Å². The van der Waals surface area contributed by atoms with Crippen LogP contribution in [-0.4, -0.2) is 19.6 Å². The average Bonchev–Trinajstić information content (AvgIpc) is 3.35. The van der Waals surface area contributed by atoms with E-state index in [1.165, 1.54) is 0 Å². The number of nitrogens with zero attached hydrogens (tertiary/aromatic N) is 4. The first kappa shape index (κ1) is 19.7. The molecule has 6 heteroatoms. The van der Waals surface area contributed by atoms with Crippen molar-refractivity contribution in [2.45, 2.75) is 12.5 Å². The lowest BCUT2D eigenvalue weighted by Gasteiger charge is -2.29. The van der Waals surface area contributed by atoms with E-state index in [1.807, 2.05) is 42.5 Å². The van der Waals surface area contributed by atoms with E-state index in [0.717, 1.165) is 39.0 Å². The van der Waals surface area contributed by atoms with E-state index >= 15 is 0 Å². The van der Waals surface area contributed by atoms with E-state index < -0.39 is 0 Å². The number of rotatable bonds is 4. The molecule has 6 nitrogen and oxygen atoms in total. The van der Waals surface area contributed by atoms with Crippen molar-refractivity contribution in [1.29, 1.82) is 0 Å². The largest absolute Gasteiger partial charge is 0.486 e. The van der Waals surface area contributed by atoms with Gasteiger partial charge in [-0.2, -0.15) is 0 Å². The predicted molar refractivity (Wildman–Crippen MR) is 133 cm³/mol. The standard InChI is InChI=1S/C29H20N4O2/c1-3-10-20(11-4-1)25-26-22-14-8-7-9-19(22)15-16-23(26)35-29-27(25)28-31-24(32-33(28)18-30-29)17-34-21-12-5-2-6-13-21/h1-16,18,25H,17H2/t25-/m0/s1. The van der Waals surface area contributed by atoms with Crippen molar-refractivity contribution in [3.05, 3.63) is 126 Å². The zero-order valence-electron chi connectivity index (χ0n) is 18.7. The van der Waals surface area contributed by atoms with Crippen LogP contribution in [0.3, 0.4) is 0 Å².